The third-order valence-electron chi connectivity index (χ3n) is 4.97. The van der Waals surface area contributed by atoms with E-state index in [9.17, 15) is 4.79 Å². The van der Waals surface area contributed by atoms with E-state index in [1.807, 2.05) is 109 Å². The van der Waals surface area contributed by atoms with Gasteiger partial charge in [0, 0.05) is 11.4 Å². The first-order valence-electron chi connectivity index (χ1n) is 10.3. The molecule has 152 valence electrons. The Morgan fingerprint density at radius 2 is 1.19 bits per heavy atom. The average molecular weight is 405 g/mol. The van der Waals surface area contributed by atoms with Gasteiger partial charge in [0.2, 0.25) is 0 Å². The fourth-order valence-electron chi connectivity index (χ4n) is 3.46. The van der Waals surface area contributed by atoms with Gasteiger partial charge in [-0.2, -0.15) is 0 Å². The molecule has 0 fully saturated rings. The minimum atomic E-state index is -0.285. The summed E-state index contributed by atoms with van der Waals surface area (Å²) in [5, 5.41) is 3.04. The molecule has 0 aliphatic carbocycles. The molecule has 1 atom stereocenters. The first kappa shape index (κ1) is 20.2. The molecule has 4 aromatic carbocycles. The summed E-state index contributed by atoms with van der Waals surface area (Å²) >= 11 is 0. The first-order valence-corrected chi connectivity index (χ1v) is 10.3. The van der Waals surface area contributed by atoms with Crippen LogP contribution in [0.25, 0.3) is 6.08 Å². The Morgan fingerprint density at radius 1 is 0.677 bits per heavy atom. The molecule has 0 aliphatic heterocycles. The molecule has 0 spiro atoms. The van der Waals surface area contributed by atoms with Crippen LogP contribution < -0.4 is 10.2 Å². The predicted molar refractivity (Wildman–Crippen MR) is 129 cm³/mol. The number of nitrogens with one attached hydrogen (secondary N) is 1. The quantitative estimate of drug-likeness (QED) is 0.363. The van der Waals surface area contributed by atoms with Gasteiger partial charge in [-0.3, -0.25) is 4.90 Å². The molecule has 1 unspecified atom stereocenters. The van der Waals surface area contributed by atoms with Gasteiger partial charge in [-0.1, -0.05) is 109 Å². The number of para-hydroxylation sites is 2. The van der Waals surface area contributed by atoms with Crippen molar-refractivity contribution in [1.29, 1.82) is 0 Å². The van der Waals surface area contributed by atoms with E-state index in [1.165, 1.54) is 0 Å². The largest absolute Gasteiger partial charge is 0.327 e. The SMILES string of the molecule is O=C(Nc1ccccc1)N(c1ccccc1)C(/C=C/c1ccccc1)c1ccccc1. The summed E-state index contributed by atoms with van der Waals surface area (Å²) in [4.78, 5) is 15.3. The van der Waals surface area contributed by atoms with Gasteiger partial charge in [0.15, 0.2) is 0 Å². The van der Waals surface area contributed by atoms with E-state index in [2.05, 4.69) is 29.6 Å². The zero-order chi connectivity index (χ0) is 21.3. The summed E-state index contributed by atoms with van der Waals surface area (Å²) in [6, 6.07) is 39.0. The Morgan fingerprint density at radius 3 is 1.81 bits per heavy atom. The molecule has 3 nitrogen and oxygen atoms in total. The lowest BCUT2D eigenvalue weighted by atomic mass is 10.0. The van der Waals surface area contributed by atoms with Crippen LogP contribution in [-0.4, -0.2) is 6.03 Å². The summed E-state index contributed by atoms with van der Waals surface area (Å²) < 4.78 is 0. The van der Waals surface area contributed by atoms with Gasteiger partial charge in [-0.05, 0) is 35.4 Å². The molecule has 0 aliphatic rings. The highest BCUT2D eigenvalue weighted by atomic mass is 16.2. The second-order valence-electron chi connectivity index (χ2n) is 7.13. The van der Waals surface area contributed by atoms with Gasteiger partial charge in [-0.15, -0.1) is 0 Å². The van der Waals surface area contributed by atoms with E-state index < -0.39 is 0 Å². The minimum Gasteiger partial charge on any atom is -0.308 e. The molecular formula is C28H24N2O. The van der Waals surface area contributed by atoms with Gasteiger partial charge in [0.25, 0.3) is 0 Å². The number of benzene rings is 4. The summed E-state index contributed by atoms with van der Waals surface area (Å²) in [6.45, 7) is 0. The van der Waals surface area contributed by atoms with Crippen LogP contribution in [0.2, 0.25) is 0 Å². The van der Waals surface area contributed by atoms with Gasteiger partial charge >= 0.3 is 6.03 Å². The molecule has 0 bridgehead atoms. The molecule has 31 heavy (non-hydrogen) atoms. The molecule has 0 radical (unpaired) electrons. The van der Waals surface area contributed by atoms with Crippen LogP contribution in [0.1, 0.15) is 17.2 Å². The molecule has 3 heteroatoms. The minimum absolute atomic E-state index is 0.191. The van der Waals surface area contributed by atoms with E-state index in [1.54, 1.807) is 4.90 Å². The highest BCUT2D eigenvalue weighted by molar-refractivity contribution is 6.02. The average Bonchev–Trinajstić information content (AvgIpc) is 2.84. The zero-order valence-electron chi connectivity index (χ0n) is 17.1. The van der Waals surface area contributed by atoms with Crippen molar-refractivity contribution in [2.24, 2.45) is 0 Å². The van der Waals surface area contributed by atoms with Gasteiger partial charge in [0.1, 0.15) is 0 Å². The molecule has 4 rings (SSSR count). The van der Waals surface area contributed by atoms with Crippen molar-refractivity contribution in [3.63, 3.8) is 0 Å². The van der Waals surface area contributed by atoms with Crippen LogP contribution >= 0.6 is 0 Å². The summed E-state index contributed by atoms with van der Waals surface area (Å²) in [5.74, 6) is 0. The Labute approximate surface area is 183 Å². The third-order valence-corrected chi connectivity index (χ3v) is 4.97. The molecule has 0 saturated heterocycles. The number of carbonyl (C=O) groups is 1. The van der Waals surface area contributed by atoms with Gasteiger partial charge < -0.3 is 5.32 Å². The number of hydrogen-bond acceptors (Lipinski definition) is 1. The fourth-order valence-corrected chi connectivity index (χ4v) is 3.46. The van der Waals surface area contributed by atoms with Gasteiger partial charge in [-0.25, -0.2) is 4.79 Å². The maximum absolute atomic E-state index is 13.5. The fraction of sp³-hybridized carbons (Fsp3) is 0.0357. The maximum Gasteiger partial charge on any atom is 0.327 e. The predicted octanol–water partition coefficient (Wildman–Crippen LogP) is 7.18. The van der Waals surface area contributed by atoms with Crippen LogP contribution in [0.4, 0.5) is 16.2 Å². The van der Waals surface area contributed by atoms with E-state index in [4.69, 9.17) is 0 Å². The van der Waals surface area contributed by atoms with Crippen LogP contribution in [0.15, 0.2) is 127 Å². The zero-order valence-corrected chi connectivity index (χ0v) is 17.1. The Bertz CT molecular complexity index is 1110. The maximum atomic E-state index is 13.5. The number of urea groups is 1. The Hall–Kier alpha value is -4.11. The van der Waals surface area contributed by atoms with Crippen LogP contribution in [0.3, 0.4) is 0 Å². The lowest BCUT2D eigenvalue weighted by molar-refractivity contribution is 0.256. The van der Waals surface area contributed by atoms with E-state index >= 15 is 0 Å². The monoisotopic (exact) mass is 404 g/mol. The molecule has 0 aromatic heterocycles. The van der Waals surface area contributed by atoms with Crippen molar-refractivity contribution >= 4 is 23.5 Å². The molecule has 0 heterocycles. The van der Waals surface area contributed by atoms with Crippen LogP contribution in [0, 0.1) is 0 Å². The highest BCUT2D eigenvalue weighted by Gasteiger charge is 2.25. The van der Waals surface area contributed by atoms with Crippen molar-refractivity contribution in [3.8, 4) is 0 Å². The van der Waals surface area contributed by atoms with Crippen molar-refractivity contribution in [3.05, 3.63) is 139 Å². The van der Waals surface area contributed by atoms with Gasteiger partial charge in [0.05, 0.1) is 6.04 Å². The lowest BCUT2D eigenvalue weighted by Gasteiger charge is -2.30. The number of rotatable bonds is 6. The summed E-state index contributed by atoms with van der Waals surface area (Å²) in [6.07, 6.45) is 4.13. The van der Waals surface area contributed by atoms with Crippen molar-refractivity contribution in [2.45, 2.75) is 6.04 Å². The molecular weight excluding hydrogens is 380 g/mol. The molecule has 1 N–H and O–H groups in total. The first-order chi connectivity index (χ1) is 15.3. The molecule has 2 amide bonds. The van der Waals surface area contributed by atoms with E-state index in [0.29, 0.717) is 0 Å². The second-order valence-corrected chi connectivity index (χ2v) is 7.13. The standard InChI is InChI=1S/C28H24N2O/c31-28(29-25-17-9-3-10-18-25)30(26-19-11-4-12-20-26)27(24-15-7-2-8-16-24)22-21-23-13-5-1-6-14-23/h1-22,27H,(H,29,31)/b22-21+. The molecule has 0 saturated carbocycles. The normalized spacial score (nSPS) is 11.7. The number of amides is 2. The molecule has 4 aromatic rings. The highest BCUT2D eigenvalue weighted by Crippen LogP contribution is 2.30. The van der Waals surface area contributed by atoms with Crippen LogP contribution in [0.5, 0.6) is 0 Å². The number of hydrogen-bond donors (Lipinski definition) is 1. The van der Waals surface area contributed by atoms with Crippen molar-refractivity contribution in [1.82, 2.24) is 0 Å². The number of nitrogens with zero attached hydrogens (tertiary/aromatic N) is 1. The Kier molecular flexibility index (Phi) is 6.56. The lowest BCUT2D eigenvalue weighted by Crippen LogP contribution is -2.37. The van der Waals surface area contributed by atoms with Crippen molar-refractivity contribution < 1.29 is 4.79 Å². The number of carbonyl (C=O) groups excluding carboxylic acids is 1. The smallest absolute Gasteiger partial charge is 0.308 e. The summed E-state index contributed by atoms with van der Waals surface area (Å²) in [7, 11) is 0. The second kappa shape index (κ2) is 10.1. The third kappa shape index (κ3) is 5.28. The topological polar surface area (TPSA) is 32.3 Å². The van der Waals surface area contributed by atoms with E-state index in [-0.39, 0.29) is 12.1 Å². The van der Waals surface area contributed by atoms with E-state index in [0.717, 1.165) is 22.5 Å². The Balaban J connectivity index is 1.75. The number of anilines is 2. The summed E-state index contributed by atoms with van der Waals surface area (Å²) in [5.41, 5.74) is 3.69. The van der Waals surface area contributed by atoms with Crippen LogP contribution in [-0.2, 0) is 0 Å². The van der Waals surface area contributed by atoms with Crippen molar-refractivity contribution in [2.75, 3.05) is 10.2 Å².